The molecule has 3 rings (SSSR count). The number of pyridine rings is 1. The first-order chi connectivity index (χ1) is 14.0. The maximum Gasteiger partial charge on any atom is 0.335 e. The Morgan fingerprint density at radius 2 is 1.93 bits per heavy atom. The van der Waals surface area contributed by atoms with Gasteiger partial charge in [0.25, 0.3) is 0 Å². The minimum absolute atomic E-state index is 0.0933. The van der Waals surface area contributed by atoms with E-state index in [1.165, 1.54) is 6.20 Å². The second-order valence-electron chi connectivity index (χ2n) is 6.52. The third-order valence-corrected chi connectivity index (χ3v) is 5.21. The number of hydrogen-bond donors (Lipinski definition) is 3. The Morgan fingerprint density at radius 3 is 2.59 bits per heavy atom. The Kier molecular flexibility index (Phi) is 6.83. The van der Waals surface area contributed by atoms with Crippen LogP contribution in [-0.4, -0.2) is 60.1 Å². The standard InChI is InChI=1S/C18H22BrN7O3/c19-14-12-22-17(20)16(26(28)29)15(14)25-10-8-24(9-11-25)7-6-21-18(27)23-13-4-2-1-3-5-13/h1-5,12H,6-11H2,(H2,20,22)(H2,21,23,27). The molecule has 11 heteroatoms. The van der Waals surface area contributed by atoms with Gasteiger partial charge in [-0.05, 0) is 28.1 Å². The highest BCUT2D eigenvalue weighted by Crippen LogP contribution is 2.38. The summed E-state index contributed by atoms with van der Waals surface area (Å²) in [7, 11) is 0. The Bertz CT molecular complexity index is 873. The molecule has 0 radical (unpaired) electrons. The number of nitro groups is 1. The zero-order valence-electron chi connectivity index (χ0n) is 15.7. The number of aromatic nitrogens is 1. The van der Waals surface area contributed by atoms with Gasteiger partial charge in [-0.15, -0.1) is 0 Å². The number of benzene rings is 1. The lowest BCUT2D eigenvalue weighted by atomic mass is 10.2. The fourth-order valence-electron chi connectivity index (χ4n) is 3.18. The number of amides is 2. The van der Waals surface area contributed by atoms with Crippen molar-refractivity contribution in [3.05, 3.63) is 51.1 Å². The topological polar surface area (TPSA) is 130 Å². The minimum atomic E-state index is -0.496. The molecule has 0 unspecified atom stereocenters. The third-order valence-electron chi connectivity index (χ3n) is 4.63. The van der Waals surface area contributed by atoms with Gasteiger partial charge in [0.15, 0.2) is 0 Å². The molecule has 2 amide bonds. The van der Waals surface area contributed by atoms with Crippen LogP contribution in [-0.2, 0) is 0 Å². The number of nitrogen functional groups attached to an aromatic ring is 1. The molecule has 0 bridgehead atoms. The summed E-state index contributed by atoms with van der Waals surface area (Å²) in [6, 6.07) is 8.99. The molecule has 2 aromatic rings. The molecule has 0 aliphatic carbocycles. The van der Waals surface area contributed by atoms with Crippen molar-refractivity contribution in [3.63, 3.8) is 0 Å². The van der Waals surface area contributed by atoms with Crippen LogP contribution in [0.3, 0.4) is 0 Å². The van der Waals surface area contributed by atoms with Gasteiger partial charge in [-0.25, -0.2) is 9.78 Å². The lowest BCUT2D eigenvalue weighted by Gasteiger charge is -2.36. The lowest BCUT2D eigenvalue weighted by Crippen LogP contribution is -2.49. The number of carbonyl (C=O) groups excluding carboxylic acids is 1. The zero-order valence-corrected chi connectivity index (χ0v) is 17.3. The van der Waals surface area contributed by atoms with Crippen molar-refractivity contribution < 1.29 is 9.72 Å². The number of urea groups is 1. The van der Waals surface area contributed by atoms with E-state index in [9.17, 15) is 14.9 Å². The van der Waals surface area contributed by atoms with Crippen molar-refractivity contribution in [2.24, 2.45) is 0 Å². The number of halogens is 1. The quantitative estimate of drug-likeness (QED) is 0.442. The summed E-state index contributed by atoms with van der Waals surface area (Å²) < 4.78 is 0.547. The lowest BCUT2D eigenvalue weighted by molar-refractivity contribution is -0.383. The summed E-state index contributed by atoms with van der Waals surface area (Å²) in [5, 5.41) is 17.0. The molecule has 29 heavy (non-hydrogen) atoms. The van der Waals surface area contributed by atoms with Crippen LogP contribution >= 0.6 is 15.9 Å². The maximum atomic E-state index is 11.9. The normalized spacial score (nSPS) is 14.4. The highest BCUT2D eigenvalue weighted by atomic mass is 79.9. The fraction of sp³-hybridized carbons (Fsp3) is 0.333. The number of para-hydroxylation sites is 1. The molecule has 1 aromatic carbocycles. The number of carbonyl (C=O) groups is 1. The first-order valence-corrected chi connectivity index (χ1v) is 9.90. The van der Waals surface area contributed by atoms with Gasteiger partial charge in [-0.2, -0.15) is 0 Å². The number of nitrogens with one attached hydrogen (secondary N) is 2. The molecule has 1 aliphatic rings. The molecular weight excluding hydrogens is 442 g/mol. The maximum absolute atomic E-state index is 11.9. The number of nitrogens with two attached hydrogens (primary N) is 1. The van der Waals surface area contributed by atoms with Gasteiger partial charge in [0.1, 0.15) is 5.69 Å². The van der Waals surface area contributed by atoms with Crippen molar-refractivity contribution in [1.29, 1.82) is 0 Å². The Hall–Kier alpha value is -2.92. The first-order valence-electron chi connectivity index (χ1n) is 9.11. The number of rotatable bonds is 6. The van der Waals surface area contributed by atoms with Crippen molar-refractivity contribution in [3.8, 4) is 0 Å². The second kappa shape index (κ2) is 9.52. The highest BCUT2D eigenvalue weighted by Gasteiger charge is 2.29. The van der Waals surface area contributed by atoms with E-state index in [1.807, 2.05) is 35.2 Å². The van der Waals surface area contributed by atoms with Crippen molar-refractivity contribution in [2.45, 2.75) is 0 Å². The van der Waals surface area contributed by atoms with Crippen LogP contribution in [0.25, 0.3) is 0 Å². The molecule has 1 aromatic heterocycles. The van der Waals surface area contributed by atoms with E-state index >= 15 is 0 Å². The SMILES string of the molecule is Nc1ncc(Br)c(N2CCN(CCNC(=O)Nc3ccccc3)CC2)c1[N+](=O)[O-]. The van der Waals surface area contributed by atoms with Crippen LogP contribution in [0, 0.1) is 10.1 Å². The summed E-state index contributed by atoms with van der Waals surface area (Å²) in [6.07, 6.45) is 1.49. The summed E-state index contributed by atoms with van der Waals surface area (Å²) in [5.41, 5.74) is 6.74. The van der Waals surface area contributed by atoms with Crippen molar-refractivity contribution >= 4 is 44.8 Å². The molecule has 1 aliphatic heterocycles. The predicted molar refractivity (Wildman–Crippen MR) is 115 cm³/mol. The predicted octanol–water partition coefficient (Wildman–Crippen LogP) is 2.28. The molecule has 2 heterocycles. The van der Waals surface area contributed by atoms with E-state index in [-0.39, 0.29) is 17.5 Å². The van der Waals surface area contributed by atoms with E-state index in [1.54, 1.807) is 0 Å². The molecule has 0 saturated carbocycles. The fourth-order valence-corrected chi connectivity index (χ4v) is 3.72. The van der Waals surface area contributed by atoms with Gasteiger partial charge >= 0.3 is 11.7 Å². The van der Waals surface area contributed by atoms with E-state index in [0.29, 0.717) is 49.4 Å². The van der Waals surface area contributed by atoms with Crippen LogP contribution in [0.15, 0.2) is 41.0 Å². The number of nitrogens with zero attached hydrogens (tertiary/aromatic N) is 4. The number of piperazine rings is 1. The van der Waals surface area contributed by atoms with Gasteiger partial charge < -0.3 is 21.3 Å². The minimum Gasteiger partial charge on any atom is -0.378 e. The second-order valence-corrected chi connectivity index (χ2v) is 7.38. The molecule has 4 N–H and O–H groups in total. The molecule has 1 fully saturated rings. The van der Waals surface area contributed by atoms with E-state index in [2.05, 4.69) is 36.4 Å². The zero-order chi connectivity index (χ0) is 20.8. The van der Waals surface area contributed by atoms with Crippen molar-refractivity contribution in [1.82, 2.24) is 15.2 Å². The van der Waals surface area contributed by atoms with Crippen LogP contribution in [0.4, 0.5) is 27.7 Å². The monoisotopic (exact) mass is 463 g/mol. The molecule has 0 spiro atoms. The summed E-state index contributed by atoms with van der Waals surface area (Å²) in [6.45, 7) is 3.85. The number of anilines is 3. The van der Waals surface area contributed by atoms with Gasteiger partial charge in [0.2, 0.25) is 5.82 Å². The van der Waals surface area contributed by atoms with E-state index < -0.39 is 4.92 Å². The average Bonchev–Trinajstić information content (AvgIpc) is 2.70. The molecule has 1 saturated heterocycles. The van der Waals surface area contributed by atoms with Crippen LogP contribution in [0.1, 0.15) is 0 Å². The Labute approximate surface area is 176 Å². The van der Waals surface area contributed by atoms with Gasteiger partial charge in [0, 0.05) is 51.2 Å². The Balaban J connectivity index is 1.48. The van der Waals surface area contributed by atoms with Gasteiger partial charge in [-0.1, -0.05) is 18.2 Å². The van der Waals surface area contributed by atoms with Crippen LogP contribution in [0.5, 0.6) is 0 Å². The summed E-state index contributed by atoms with van der Waals surface area (Å²) >= 11 is 3.35. The third kappa shape index (κ3) is 5.33. The number of hydrogen-bond acceptors (Lipinski definition) is 7. The molecule has 154 valence electrons. The van der Waals surface area contributed by atoms with Crippen LogP contribution in [0.2, 0.25) is 0 Å². The first kappa shape index (κ1) is 20.8. The molecule has 10 nitrogen and oxygen atoms in total. The van der Waals surface area contributed by atoms with Crippen LogP contribution < -0.4 is 21.3 Å². The average molecular weight is 464 g/mol. The Morgan fingerprint density at radius 1 is 1.24 bits per heavy atom. The largest absolute Gasteiger partial charge is 0.378 e. The van der Waals surface area contributed by atoms with Gasteiger partial charge in [-0.3, -0.25) is 15.0 Å². The van der Waals surface area contributed by atoms with Gasteiger partial charge in [0.05, 0.1) is 9.40 Å². The smallest absolute Gasteiger partial charge is 0.335 e. The van der Waals surface area contributed by atoms with E-state index in [4.69, 9.17) is 5.73 Å². The summed E-state index contributed by atoms with van der Waals surface area (Å²) in [4.78, 5) is 30.8. The van der Waals surface area contributed by atoms with Crippen molar-refractivity contribution in [2.75, 3.05) is 55.2 Å². The molecular formula is C18H22BrN7O3. The summed E-state index contributed by atoms with van der Waals surface area (Å²) in [5.74, 6) is -0.0933. The van der Waals surface area contributed by atoms with E-state index in [0.717, 1.165) is 5.69 Å². The molecule has 0 atom stereocenters. The highest BCUT2D eigenvalue weighted by molar-refractivity contribution is 9.10.